The lowest BCUT2D eigenvalue weighted by atomic mass is 10.0. The fourth-order valence-corrected chi connectivity index (χ4v) is 9.24. The third-order valence-electron chi connectivity index (χ3n) is 14.3. The quantitative estimate of drug-likeness (QED) is 0.0373. The second-order valence-corrected chi connectivity index (χ2v) is 22.2. The molecule has 464 valence electrons. The summed E-state index contributed by atoms with van der Waals surface area (Å²) < 4.78 is 10.7. The summed E-state index contributed by atoms with van der Waals surface area (Å²) in [6.07, 6.45) is 108. The number of aliphatic hydroxyl groups is 1. The first-order valence-electron chi connectivity index (χ1n) is 34.0. The van der Waals surface area contributed by atoms with Gasteiger partial charge in [0.05, 0.1) is 6.61 Å². The normalized spacial score (nSPS) is 13.3. The summed E-state index contributed by atoms with van der Waals surface area (Å²) in [6, 6.07) is 0. The van der Waals surface area contributed by atoms with Crippen molar-refractivity contribution >= 4 is 11.9 Å². The number of unbranched alkanes of at least 4 members (excludes halogenated alkanes) is 27. The van der Waals surface area contributed by atoms with Crippen molar-refractivity contribution in [3.05, 3.63) is 158 Å². The highest BCUT2D eigenvalue weighted by Crippen LogP contribution is 2.16. The predicted molar refractivity (Wildman–Crippen MR) is 361 cm³/mol. The molecule has 0 spiro atoms. The smallest absolute Gasteiger partial charge is 0.306 e. The second kappa shape index (κ2) is 70.8. The molecule has 1 N–H and O–H groups in total. The standard InChI is InChI=1S/C77H126O5/c1-3-5-7-9-11-13-15-17-19-21-23-25-27-29-31-33-34-35-36-37-38-39-40-41-42-44-46-48-50-52-54-56-58-60-62-64-66-68-70-72-77(80)82-75(73-78)74-81-76(79)71-69-67-65-63-61-59-57-55-53-51-49-47-45-43-32-30-28-26-24-22-20-18-16-14-12-10-8-6-4-2/h5,7,11,13,16-19,22-25,28-31,34-35,37-38,40-41,44,46,50,52,75,78H,3-4,6,8-10,12,14-15,20-21,26-27,32-33,36,39,42-43,45,47-49,51,53-74H2,1-2H3/b7-5-,13-11-,18-16-,19-17-,24-22-,25-23-,30-28-,31-29-,35-34-,38-37-,41-40-,46-44-,52-50-. The molecule has 0 radical (unpaired) electrons. The van der Waals surface area contributed by atoms with Gasteiger partial charge in [-0.2, -0.15) is 0 Å². The van der Waals surface area contributed by atoms with E-state index in [1.807, 2.05) is 0 Å². The van der Waals surface area contributed by atoms with Crippen LogP contribution >= 0.6 is 0 Å². The molecule has 0 rings (SSSR count). The van der Waals surface area contributed by atoms with Crippen molar-refractivity contribution in [3.63, 3.8) is 0 Å². The molecule has 1 unspecified atom stereocenters. The van der Waals surface area contributed by atoms with Gasteiger partial charge in [0.25, 0.3) is 0 Å². The van der Waals surface area contributed by atoms with Crippen LogP contribution in [0.5, 0.6) is 0 Å². The number of ether oxygens (including phenoxy) is 2. The molecule has 82 heavy (non-hydrogen) atoms. The van der Waals surface area contributed by atoms with Crippen molar-refractivity contribution in [3.8, 4) is 0 Å². The van der Waals surface area contributed by atoms with Crippen molar-refractivity contribution < 1.29 is 24.2 Å². The number of aliphatic hydroxyl groups excluding tert-OH is 1. The Morgan fingerprint density at radius 1 is 0.293 bits per heavy atom. The summed E-state index contributed by atoms with van der Waals surface area (Å²) in [7, 11) is 0. The van der Waals surface area contributed by atoms with Gasteiger partial charge in [0.2, 0.25) is 0 Å². The van der Waals surface area contributed by atoms with E-state index < -0.39 is 6.10 Å². The molecule has 0 aromatic heterocycles. The Kier molecular flexibility index (Phi) is 66.9. The Morgan fingerprint density at radius 2 is 0.524 bits per heavy atom. The zero-order chi connectivity index (χ0) is 59.1. The van der Waals surface area contributed by atoms with E-state index in [9.17, 15) is 14.7 Å². The maximum Gasteiger partial charge on any atom is 0.306 e. The van der Waals surface area contributed by atoms with Crippen LogP contribution in [0.15, 0.2) is 158 Å². The van der Waals surface area contributed by atoms with Gasteiger partial charge in [-0.15, -0.1) is 0 Å². The highest BCUT2D eigenvalue weighted by Gasteiger charge is 2.16. The molecule has 0 aromatic carbocycles. The number of rotatable bonds is 61. The highest BCUT2D eigenvalue weighted by atomic mass is 16.6. The maximum absolute atomic E-state index is 12.4. The molecule has 0 aliphatic rings. The van der Waals surface area contributed by atoms with Gasteiger partial charge in [0, 0.05) is 12.8 Å². The first-order chi connectivity index (χ1) is 40.6. The van der Waals surface area contributed by atoms with Crippen LogP contribution < -0.4 is 0 Å². The largest absolute Gasteiger partial charge is 0.462 e. The summed E-state index contributed by atoms with van der Waals surface area (Å²) in [5.41, 5.74) is 0. The van der Waals surface area contributed by atoms with Crippen molar-refractivity contribution in [2.24, 2.45) is 0 Å². The van der Waals surface area contributed by atoms with E-state index in [4.69, 9.17) is 9.47 Å². The lowest BCUT2D eigenvalue weighted by molar-refractivity contribution is -0.161. The number of hydrogen-bond donors (Lipinski definition) is 1. The van der Waals surface area contributed by atoms with Crippen LogP contribution in [-0.4, -0.2) is 36.4 Å². The molecule has 5 heteroatoms. The van der Waals surface area contributed by atoms with E-state index in [1.54, 1.807) is 0 Å². The first kappa shape index (κ1) is 77.5. The van der Waals surface area contributed by atoms with Gasteiger partial charge in [0.1, 0.15) is 6.61 Å². The third-order valence-corrected chi connectivity index (χ3v) is 14.3. The Hall–Kier alpha value is -4.48. The topological polar surface area (TPSA) is 72.8 Å². The average Bonchev–Trinajstić information content (AvgIpc) is 3.49. The van der Waals surface area contributed by atoms with E-state index >= 15 is 0 Å². The van der Waals surface area contributed by atoms with E-state index in [2.05, 4.69) is 172 Å². The van der Waals surface area contributed by atoms with Gasteiger partial charge >= 0.3 is 11.9 Å². The maximum atomic E-state index is 12.4. The Balaban J connectivity index is 3.57. The SMILES string of the molecule is CC/C=C\C/C=C\C/C=C\C/C=C\C/C=C\C/C=C\C/C=C\C/C=C\C/C=C\C/C=C\CCCCCCCCCCC(=O)OC(CO)COC(=O)CCCCCCCCCCCCCCCC/C=C\C/C=C\C/C=C\CCCCCCC. The average molecular weight is 1130 g/mol. The zero-order valence-corrected chi connectivity index (χ0v) is 53.2. The number of allylic oxidation sites excluding steroid dienone is 26. The minimum Gasteiger partial charge on any atom is -0.462 e. The summed E-state index contributed by atoms with van der Waals surface area (Å²) in [4.78, 5) is 24.6. The van der Waals surface area contributed by atoms with Crippen LogP contribution in [0.4, 0.5) is 0 Å². The van der Waals surface area contributed by atoms with Gasteiger partial charge in [-0.05, 0) is 128 Å². The molecule has 0 heterocycles. The van der Waals surface area contributed by atoms with E-state index in [0.717, 1.165) is 122 Å². The number of carbonyl (C=O) groups is 2. The van der Waals surface area contributed by atoms with E-state index in [1.165, 1.54) is 148 Å². The molecule has 0 amide bonds. The summed E-state index contributed by atoms with van der Waals surface area (Å²) >= 11 is 0. The van der Waals surface area contributed by atoms with Crippen LogP contribution in [0.25, 0.3) is 0 Å². The van der Waals surface area contributed by atoms with Gasteiger partial charge in [0.15, 0.2) is 6.10 Å². The zero-order valence-electron chi connectivity index (χ0n) is 53.2. The second-order valence-electron chi connectivity index (χ2n) is 22.2. The Morgan fingerprint density at radius 3 is 0.793 bits per heavy atom. The molecule has 0 bridgehead atoms. The molecule has 1 atom stereocenters. The predicted octanol–water partition coefficient (Wildman–Crippen LogP) is 23.9. The monoisotopic (exact) mass is 1130 g/mol. The lowest BCUT2D eigenvalue weighted by Gasteiger charge is -2.15. The number of esters is 2. The summed E-state index contributed by atoms with van der Waals surface area (Å²) in [6.45, 7) is 4.02. The minimum atomic E-state index is -0.789. The molecule has 0 aromatic rings. The van der Waals surface area contributed by atoms with Crippen LogP contribution in [0.1, 0.15) is 296 Å². The van der Waals surface area contributed by atoms with Crippen LogP contribution in [-0.2, 0) is 19.1 Å². The summed E-state index contributed by atoms with van der Waals surface area (Å²) in [5, 5.41) is 9.70. The van der Waals surface area contributed by atoms with Gasteiger partial charge < -0.3 is 14.6 Å². The molecule has 0 aliphatic carbocycles. The van der Waals surface area contributed by atoms with Crippen molar-refractivity contribution in [1.82, 2.24) is 0 Å². The van der Waals surface area contributed by atoms with E-state index in [0.29, 0.717) is 12.8 Å². The summed E-state index contributed by atoms with van der Waals surface area (Å²) in [5.74, 6) is -0.603. The van der Waals surface area contributed by atoms with Gasteiger partial charge in [-0.1, -0.05) is 313 Å². The first-order valence-corrected chi connectivity index (χ1v) is 34.0. The number of carbonyl (C=O) groups excluding carboxylic acids is 2. The van der Waals surface area contributed by atoms with E-state index in [-0.39, 0.29) is 25.2 Å². The van der Waals surface area contributed by atoms with Gasteiger partial charge in [-0.3, -0.25) is 9.59 Å². The molecule has 5 nitrogen and oxygen atoms in total. The Labute approximate surface area is 507 Å². The molecule has 0 aliphatic heterocycles. The fourth-order valence-electron chi connectivity index (χ4n) is 9.24. The van der Waals surface area contributed by atoms with Crippen molar-refractivity contribution in [1.29, 1.82) is 0 Å². The molecular weight excluding hydrogens is 1000 g/mol. The van der Waals surface area contributed by atoms with Gasteiger partial charge in [-0.25, -0.2) is 0 Å². The van der Waals surface area contributed by atoms with Crippen LogP contribution in [0.3, 0.4) is 0 Å². The lowest BCUT2D eigenvalue weighted by Crippen LogP contribution is -2.28. The molecular formula is C77H126O5. The molecule has 0 saturated carbocycles. The minimum absolute atomic E-state index is 0.0770. The van der Waals surface area contributed by atoms with Crippen LogP contribution in [0.2, 0.25) is 0 Å². The van der Waals surface area contributed by atoms with Crippen LogP contribution in [0, 0.1) is 0 Å². The fraction of sp³-hybridized carbons (Fsp3) is 0.636. The Bertz CT molecular complexity index is 1760. The highest BCUT2D eigenvalue weighted by molar-refractivity contribution is 5.70. The third kappa shape index (κ3) is 68.0. The molecule has 0 fully saturated rings. The van der Waals surface area contributed by atoms with Crippen molar-refractivity contribution in [2.45, 2.75) is 302 Å². The number of hydrogen-bond acceptors (Lipinski definition) is 5. The van der Waals surface area contributed by atoms with Crippen molar-refractivity contribution in [2.75, 3.05) is 13.2 Å². The molecule has 0 saturated heterocycles.